The molecule has 0 bridgehead atoms. The Balaban J connectivity index is 2.08. The van der Waals surface area contributed by atoms with E-state index in [4.69, 9.17) is 0 Å². The molecule has 0 unspecified atom stereocenters. The maximum absolute atomic E-state index is 11.0. The number of rotatable bonds is 5. The first kappa shape index (κ1) is 16.0. The van der Waals surface area contributed by atoms with Crippen LogP contribution in [0.3, 0.4) is 0 Å². The zero-order valence-corrected chi connectivity index (χ0v) is 14.0. The van der Waals surface area contributed by atoms with E-state index in [0.29, 0.717) is 18.2 Å². The first-order valence-corrected chi connectivity index (χ1v) is 8.18. The standard InChI is InChI=1S/C21H20N2O/c1-15(2)17-9-7-16(8-10-17)14-23-20-6-4-3-5-18(20)19(11-12-24)21(23)13-22/h3-10,12,15H,11,14H2,1-2H3. The fourth-order valence-electron chi connectivity index (χ4n) is 3.15. The van der Waals surface area contributed by atoms with E-state index in [1.807, 2.05) is 28.8 Å². The van der Waals surface area contributed by atoms with Gasteiger partial charge >= 0.3 is 0 Å². The highest BCUT2D eigenvalue weighted by Crippen LogP contribution is 2.27. The summed E-state index contributed by atoms with van der Waals surface area (Å²) in [6, 6.07) is 18.7. The number of benzene rings is 2. The summed E-state index contributed by atoms with van der Waals surface area (Å²) >= 11 is 0. The molecule has 3 rings (SSSR count). The van der Waals surface area contributed by atoms with Gasteiger partial charge in [-0.1, -0.05) is 56.3 Å². The minimum absolute atomic E-state index is 0.267. The van der Waals surface area contributed by atoms with Crippen molar-refractivity contribution >= 4 is 17.2 Å². The molecule has 0 amide bonds. The van der Waals surface area contributed by atoms with E-state index in [-0.39, 0.29) is 6.42 Å². The molecule has 3 aromatic rings. The number of fused-ring (bicyclic) bond motifs is 1. The maximum Gasteiger partial charge on any atom is 0.125 e. The molecule has 0 aliphatic carbocycles. The Hall–Kier alpha value is -2.86. The van der Waals surface area contributed by atoms with Crippen molar-refractivity contribution in [3.05, 3.63) is 70.9 Å². The number of nitriles is 1. The van der Waals surface area contributed by atoms with Gasteiger partial charge in [-0.2, -0.15) is 5.26 Å². The molecule has 0 atom stereocenters. The van der Waals surface area contributed by atoms with Gasteiger partial charge in [0.15, 0.2) is 0 Å². The fourth-order valence-corrected chi connectivity index (χ4v) is 3.15. The van der Waals surface area contributed by atoms with E-state index in [2.05, 4.69) is 44.2 Å². The molecule has 3 heteroatoms. The van der Waals surface area contributed by atoms with Crippen LogP contribution in [-0.2, 0) is 17.8 Å². The zero-order chi connectivity index (χ0) is 17.1. The normalized spacial score (nSPS) is 10.9. The highest BCUT2D eigenvalue weighted by Gasteiger charge is 2.16. The highest BCUT2D eigenvalue weighted by atomic mass is 16.1. The summed E-state index contributed by atoms with van der Waals surface area (Å²) in [4.78, 5) is 11.0. The van der Waals surface area contributed by atoms with Gasteiger partial charge < -0.3 is 9.36 Å². The molecule has 24 heavy (non-hydrogen) atoms. The molecule has 0 saturated heterocycles. The summed E-state index contributed by atoms with van der Waals surface area (Å²) in [7, 11) is 0. The smallest absolute Gasteiger partial charge is 0.125 e. The molecule has 0 saturated carbocycles. The Morgan fingerprint density at radius 1 is 1.12 bits per heavy atom. The van der Waals surface area contributed by atoms with Crippen LogP contribution in [0.4, 0.5) is 0 Å². The van der Waals surface area contributed by atoms with Crippen molar-refractivity contribution < 1.29 is 4.79 Å². The molecule has 2 aromatic carbocycles. The van der Waals surface area contributed by atoms with Crippen molar-refractivity contribution in [1.29, 1.82) is 5.26 Å². The molecular formula is C21H20N2O. The van der Waals surface area contributed by atoms with Crippen molar-refractivity contribution in [2.75, 3.05) is 0 Å². The number of para-hydroxylation sites is 1. The van der Waals surface area contributed by atoms with Crippen molar-refractivity contribution in [3.8, 4) is 6.07 Å². The van der Waals surface area contributed by atoms with E-state index in [1.165, 1.54) is 5.56 Å². The Morgan fingerprint density at radius 3 is 2.46 bits per heavy atom. The number of nitrogens with zero attached hydrogens (tertiary/aromatic N) is 2. The Bertz CT molecular complexity index is 911. The average molecular weight is 316 g/mol. The fraction of sp³-hybridized carbons (Fsp3) is 0.238. The number of carbonyl (C=O) groups excluding carboxylic acids is 1. The van der Waals surface area contributed by atoms with Crippen LogP contribution in [0.2, 0.25) is 0 Å². The van der Waals surface area contributed by atoms with Gasteiger partial charge in [-0.3, -0.25) is 0 Å². The van der Waals surface area contributed by atoms with Gasteiger partial charge in [0.2, 0.25) is 0 Å². The second kappa shape index (κ2) is 6.72. The number of carbonyl (C=O) groups is 1. The van der Waals surface area contributed by atoms with Crippen LogP contribution in [0, 0.1) is 11.3 Å². The third kappa shape index (κ3) is 2.83. The largest absolute Gasteiger partial charge is 0.328 e. The predicted octanol–water partition coefficient (Wildman–Crippen LogP) is 4.43. The van der Waals surface area contributed by atoms with Crippen LogP contribution < -0.4 is 0 Å². The first-order chi connectivity index (χ1) is 11.7. The minimum Gasteiger partial charge on any atom is -0.328 e. The summed E-state index contributed by atoms with van der Waals surface area (Å²) in [6.07, 6.45) is 1.13. The molecule has 0 radical (unpaired) electrons. The molecule has 3 nitrogen and oxygen atoms in total. The Labute approximate surface area is 142 Å². The van der Waals surface area contributed by atoms with Crippen LogP contribution >= 0.6 is 0 Å². The number of aromatic nitrogens is 1. The quantitative estimate of drug-likeness (QED) is 0.654. The number of hydrogen-bond donors (Lipinski definition) is 0. The molecule has 1 aromatic heterocycles. The van der Waals surface area contributed by atoms with Gasteiger partial charge in [-0.05, 0) is 23.1 Å². The second-order valence-corrected chi connectivity index (χ2v) is 6.31. The molecule has 0 aliphatic heterocycles. The highest BCUT2D eigenvalue weighted by molar-refractivity contribution is 5.88. The lowest BCUT2D eigenvalue weighted by atomic mass is 10.0. The monoisotopic (exact) mass is 316 g/mol. The van der Waals surface area contributed by atoms with Crippen LogP contribution in [0.15, 0.2) is 48.5 Å². The lowest BCUT2D eigenvalue weighted by Crippen LogP contribution is -2.03. The van der Waals surface area contributed by atoms with Crippen molar-refractivity contribution in [2.45, 2.75) is 32.7 Å². The summed E-state index contributed by atoms with van der Waals surface area (Å²) in [5, 5.41) is 10.6. The van der Waals surface area contributed by atoms with Gasteiger partial charge in [0.25, 0.3) is 0 Å². The summed E-state index contributed by atoms with van der Waals surface area (Å²) in [5.74, 6) is 0.500. The van der Waals surface area contributed by atoms with Crippen LogP contribution in [0.25, 0.3) is 10.9 Å². The van der Waals surface area contributed by atoms with Crippen molar-refractivity contribution in [3.63, 3.8) is 0 Å². The van der Waals surface area contributed by atoms with Gasteiger partial charge in [0, 0.05) is 29.4 Å². The van der Waals surface area contributed by atoms with Crippen molar-refractivity contribution in [2.24, 2.45) is 0 Å². The van der Waals surface area contributed by atoms with E-state index >= 15 is 0 Å². The van der Waals surface area contributed by atoms with Gasteiger partial charge in [0.1, 0.15) is 18.0 Å². The topological polar surface area (TPSA) is 45.8 Å². The average Bonchev–Trinajstić information content (AvgIpc) is 2.89. The van der Waals surface area contributed by atoms with Gasteiger partial charge in [0.05, 0.1) is 0 Å². The molecular weight excluding hydrogens is 296 g/mol. The predicted molar refractivity (Wildman–Crippen MR) is 96.1 cm³/mol. The number of hydrogen-bond acceptors (Lipinski definition) is 2. The van der Waals surface area contributed by atoms with Crippen LogP contribution in [0.1, 0.15) is 42.1 Å². The Morgan fingerprint density at radius 2 is 1.83 bits per heavy atom. The summed E-state index contributed by atoms with van der Waals surface area (Å²) in [6.45, 7) is 4.97. The lowest BCUT2D eigenvalue weighted by Gasteiger charge is -2.10. The molecule has 0 N–H and O–H groups in total. The summed E-state index contributed by atoms with van der Waals surface area (Å²) < 4.78 is 2.01. The lowest BCUT2D eigenvalue weighted by molar-refractivity contribution is -0.107. The van der Waals surface area contributed by atoms with Crippen LogP contribution in [-0.4, -0.2) is 10.9 Å². The van der Waals surface area contributed by atoms with E-state index in [0.717, 1.165) is 28.3 Å². The first-order valence-electron chi connectivity index (χ1n) is 8.18. The third-order valence-electron chi connectivity index (χ3n) is 4.46. The Kier molecular flexibility index (Phi) is 4.48. The van der Waals surface area contributed by atoms with E-state index < -0.39 is 0 Å². The SMILES string of the molecule is CC(C)c1ccc(Cn2c(C#N)c(CC=O)c3ccccc32)cc1. The van der Waals surface area contributed by atoms with E-state index in [9.17, 15) is 10.1 Å². The number of aldehydes is 1. The summed E-state index contributed by atoms with van der Waals surface area (Å²) in [5.41, 5.74) is 4.85. The van der Waals surface area contributed by atoms with Gasteiger partial charge in [-0.25, -0.2) is 0 Å². The maximum atomic E-state index is 11.0. The van der Waals surface area contributed by atoms with E-state index in [1.54, 1.807) is 0 Å². The minimum atomic E-state index is 0.267. The molecule has 0 aliphatic rings. The van der Waals surface area contributed by atoms with Crippen LogP contribution in [0.5, 0.6) is 0 Å². The second-order valence-electron chi connectivity index (χ2n) is 6.31. The van der Waals surface area contributed by atoms with Crippen molar-refractivity contribution in [1.82, 2.24) is 4.57 Å². The molecule has 0 fully saturated rings. The molecule has 1 heterocycles. The zero-order valence-electron chi connectivity index (χ0n) is 14.0. The molecule has 0 spiro atoms. The molecule has 120 valence electrons. The third-order valence-corrected chi connectivity index (χ3v) is 4.46. The van der Waals surface area contributed by atoms with Gasteiger partial charge in [-0.15, -0.1) is 0 Å².